The Labute approximate surface area is 441 Å². The topological polar surface area (TPSA) is 345 Å². The molecule has 3 aromatic carbocycles. The van der Waals surface area contributed by atoms with Crippen molar-refractivity contribution in [3.05, 3.63) is 108 Å². The number of hydrogen-bond acceptors (Lipinski definition) is 12. The van der Waals surface area contributed by atoms with Crippen molar-refractivity contribution in [3.8, 4) is 0 Å². The maximum atomic E-state index is 14.0. The molecule has 3 rings (SSSR count). The van der Waals surface area contributed by atoms with E-state index in [2.05, 4.69) is 37.2 Å². The number of carbonyl (C=O) groups excluding carboxylic acids is 7. The lowest BCUT2D eigenvalue weighted by Gasteiger charge is -2.27. The monoisotopic (exact) mass is 1040 g/mol. The number of carbonyl (C=O) groups is 8. The van der Waals surface area contributed by atoms with E-state index in [9.17, 15) is 43.5 Å². The zero-order chi connectivity index (χ0) is 55.3. The molecule has 0 spiro atoms. The average molecular weight is 1040 g/mol. The van der Waals surface area contributed by atoms with Crippen LogP contribution in [0.5, 0.6) is 0 Å². The van der Waals surface area contributed by atoms with Gasteiger partial charge in [-0.1, -0.05) is 119 Å². The van der Waals surface area contributed by atoms with E-state index in [-0.39, 0.29) is 89.3 Å². The van der Waals surface area contributed by atoms with Crippen LogP contribution in [0.1, 0.15) is 102 Å². The highest BCUT2D eigenvalue weighted by Gasteiger charge is 2.33. The van der Waals surface area contributed by atoms with Crippen LogP contribution in [-0.2, 0) is 57.6 Å². The van der Waals surface area contributed by atoms with Crippen molar-refractivity contribution in [2.45, 2.75) is 153 Å². The lowest BCUT2D eigenvalue weighted by atomic mass is 10.00. The van der Waals surface area contributed by atoms with Crippen molar-refractivity contribution in [3.63, 3.8) is 0 Å². The molecule has 412 valence electrons. The number of nitrogens with two attached hydrogens (primary N) is 4. The molecule has 0 unspecified atom stereocenters. The molecule has 75 heavy (non-hydrogen) atoms. The van der Waals surface area contributed by atoms with Gasteiger partial charge in [-0.05, 0) is 112 Å². The van der Waals surface area contributed by atoms with Crippen LogP contribution in [0.2, 0.25) is 0 Å². The largest absolute Gasteiger partial charge is 0.480 e. The molecule has 3 aromatic rings. The van der Waals surface area contributed by atoms with Crippen LogP contribution in [0.3, 0.4) is 0 Å². The molecule has 0 saturated carbocycles. The van der Waals surface area contributed by atoms with Gasteiger partial charge >= 0.3 is 5.97 Å². The Morgan fingerprint density at radius 3 is 1.16 bits per heavy atom. The van der Waals surface area contributed by atoms with Crippen LogP contribution >= 0.6 is 0 Å². The van der Waals surface area contributed by atoms with Crippen LogP contribution in [-0.4, -0.2) is 120 Å². The van der Waals surface area contributed by atoms with Gasteiger partial charge in [-0.2, -0.15) is 0 Å². The summed E-state index contributed by atoms with van der Waals surface area (Å²) in [5, 5.41) is 29.3. The van der Waals surface area contributed by atoms with Gasteiger partial charge in [0, 0.05) is 13.0 Å². The number of amides is 7. The molecular formula is C55H83N11O9. The molecule has 8 atom stereocenters. The van der Waals surface area contributed by atoms with Gasteiger partial charge in [0.1, 0.15) is 36.3 Å². The normalized spacial score (nSPS) is 14.4. The zero-order valence-corrected chi connectivity index (χ0v) is 44.1. The lowest BCUT2D eigenvalue weighted by Crippen LogP contribution is -2.58. The minimum Gasteiger partial charge on any atom is -0.480 e. The zero-order valence-electron chi connectivity index (χ0n) is 44.1. The Balaban J connectivity index is 1.62. The molecule has 0 saturated heterocycles. The van der Waals surface area contributed by atoms with Crippen molar-refractivity contribution >= 4 is 47.3 Å². The Bertz CT molecular complexity index is 2240. The summed E-state index contributed by atoms with van der Waals surface area (Å²) in [7, 11) is 0. The molecule has 0 aliphatic rings. The van der Waals surface area contributed by atoms with Crippen molar-refractivity contribution in [1.29, 1.82) is 0 Å². The highest BCUT2D eigenvalue weighted by Crippen LogP contribution is 2.13. The second-order valence-electron chi connectivity index (χ2n) is 19.9. The highest BCUT2D eigenvalue weighted by molar-refractivity contribution is 5.96. The van der Waals surface area contributed by atoms with Crippen molar-refractivity contribution in [1.82, 2.24) is 37.2 Å². The first kappa shape index (κ1) is 62.6. The molecule has 0 heterocycles. The number of benzene rings is 3. The van der Waals surface area contributed by atoms with Crippen LogP contribution in [0.15, 0.2) is 91.0 Å². The maximum absolute atomic E-state index is 14.0. The fourth-order valence-corrected chi connectivity index (χ4v) is 8.28. The molecule has 0 aromatic heterocycles. The number of rotatable bonds is 35. The Morgan fingerprint density at radius 2 is 0.747 bits per heavy atom. The van der Waals surface area contributed by atoms with Crippen LogP contribution < -0.4 is 60.2 Å². The average Bonchev–Trinajstić information content (AvgIpc) is 3.37. The molecule has 0 fully saturated rings. The first-order chi connectivity index (χ1) is 35.8. The molecule has 0 aliphatic carbocycles. The summed E-state index contributed by atoms with van der Waals surface area (Å²) in [4.78, 5) is 108. The number of carboxylic acids is 1. The van der Waals surface area contributed by atoms with E-state index in [1.807, 2.05) is 119 Å². The van der Waals surface area contributed by atoms with Crippen molar-refractivity contribution < 1.29 is 43.5 Å². The van der Waals surface area contributed by atoms with Gasteiger partial charge in [0.25, 0.3) is 0 Å². The second kappa shape index (κ2) is 34.0. The molecule has 20 heteroatoms. The summed E-state index contributed by atoms with van der Waals surface area (Å²) in [6.07, 6.45) is 2.61. The summed E-state index contributed by atoms with van der Waals surface area (Å²) in [5.74, 6) is -5.56. The quantitative estimate of drug-likeness (QED) is 0.0369. The highest BCUT2D eigenvalue weighted by atomic mass is 16.4. The molecule has 16 N–H and O–H groups in total. The van der Waals surface area contributed by atoms with Crippen molar-refractivity contribution in [2.24, 2.45) is 34.8 Å². The molecular weight excluding hydrogens is 959 g/mol. The smallest absolute Gasteiger partial charge is 0.326 e. The third kappa shape index (κ3) is 24.0. The Morgan fingerprint density at radius 1 is 0.413 bits per heavy atom. The van der Waals surface area contributed by atoms with Gasteiger partial charge in [0.15, 0.2) is 0 Å². The predicted octanol–water partition coefficient (Wildman–Crippen LogP) is 1.22. The molecule has 0 bridgehead atoms. The van der Waals surface area contributed by atoms with Gasteiger partial charge in [-0.25, -0.2) is 4.79 Å². The van der Waals surface area contributed by atoms with E-state index in [0.717, 1.165) is 16.7 Å². The van der Waals surface area contributed by atoms with E-state index < -0.39 is 95.7 Å². The summed E-state index contributed by atoms with van der Waals surface area (Å²) >= 11 is 0. The summed E-state index contributed by atoms with van der Waals surface area (Å²) in [6.45, 7) is 8.05. The van der Waals surface area contributed by atoms with Gasteiger partial charge in [-0.3, -0.25) is 33.6 Å². The number of unbranched alkanes of at least 4 members (excludes halogenated alkanes) is 1. The molecule has 20 nitrogen and oxygen atoms in total. The van der Waals surface area contributed by atoms with Crippen LogP contribution in [0.25, 0.3) is 0 Å². The first-order valence-electron chi connectivity index (χ1n) is 26.2. The fraction of sp³-hybridized carbons (Fsp3) is 0.527. The number of carboxylic acid groups (broad SMARTS) is 1. The summed E-state index contributed by atoms with van der Waals surface area (Å²) < 4.78 is 0. The Kier molecular flexibility index (Phi) is 28.3. The van der Waals surface area contributed by atoms with Gasteiger partial charge < -0.3 is 65.3 Å². The van der Waals surface area contributed by atoms with E-state index in [4.69, 9.17) is 22.9 Å². The number of nitrogens with one attached hydrogen (secondary N) is 7. The van der Waals surface area contributed by atoms with Gasteiger partial charge in [-0.15, -0.1) is 0 Å². The predicted molar refractivity (Wildman–Crippen MR) is 288 cm³/mol. The summed E-state index contributed by atoms with van der Waals surface area (Å²) in [5.41, 5.74) is 26.5. The standard InChI is InChI=1S/C55H83N11O9/c1-35(2)30-45(64-48(67)40(58)32-37-18-8-5-9-19-37)52(71)62-43(26-17-28-57)51(70)63-44(55(74)75)24-14-15-29-60-50(69)42(25-16-27-56)61-53(72)46(31-36(3)4)66-54(73)47(34-39-22-12-7-13-23-39)65-49(68)41(59)33-38-20-10-6-11-21-38/h5-13,18-23,35-36,40-47H,14-17,24-34,56-59H2,1-4H3,(H,60,69)(H,61,72)(H,62,71)(H,63,70)(H,64,67)(H,65,68)(H,66,73)(H,74,75)/t40-,41-,42-,43-,44+,45-,46-,47-/m1/s1. The minimum absolute atomic E-state index is 0.0194. The Hall–Kier alpha value is -6.74. The number of aliphatic carboxylic acids is 1. The fourth-order valence-electron chi connectivity index (χ4n) is 8.28. The minimum atomic E-state index is -1.34. The van der Waals surface area contributed by atoms with Gasteiger partial charge in [0.2, 0.25) is 41.4 Å². The number of hydrogen-bond donors (Lipinski definition) is 12. The van der Waals surface area contributed by atoms with Gasteiger partial charge in [0.05, 0.1) is 12.1 Å². The van der Waals surface area contributed by atoms with Crippen molar-refractivity contribution in [2.75, 3.05) is 19.6 Å². The first-order valence-corrected chi connectivity index (χ1v) is 26.2. The second-order valence-corrected chi connectivity index (χ2v) is 19.9. The van der Waals surface area contributed by atoms with Crippen LogP contribution in [0, 0.1) is 11.8 Å². The van der Waals surface area contributed by atoms with E-state index in [0.29, 0.717) is 19.3 Å². The SMILES string of the molecule is CC(C)C[C@@H](NC(=O)[C@H](N)Cc1ccccc1)C(=O)N[C@H](CCCN)C(=O)N[C@@H](CCCCNC(=O)[C@@H](CCCN)NC(=O)[C@@H](CC(C)C)NC(=O)[C@@H](Cc1ccccc1)NC(=O)[C@H](N)Cc1ccccc1)C(=O)O. The maximum Gasteiger partial charge on any atom is 0.326 e. The lowest BCUT2D eigenvalue weighted by molar-refractivity contribution is -0.142. The molecule has 0 radical (unpaired) electrons. The molecule has 7 amide bonds. The van der Waals surface area contributed by atoms with E-state index >= 15 is 0 Å². The van der Waals surface area contributed by atoms with E-state index in [1.165, 1.54) is 0 Å². The third-order valence-corrected chi connectivity index (χ3v) is 12.4. The summed E-state index contributed by atoms with van der Waals surface area (Å²) in [6, 6.07) is 18.9. The van der Waals surface area contributed by atoms with Crippen LogP contribution in [0.4, 0.5) is 0 Å². The van der Waals surface area contributed by atoms with E-state index in [1.54, 1.807) is 0 Å². The third-order valence-electron chi connectivity index (χ3n) is 12.4. The molecule has 0 aliphatic heterocycles.